The van der Waals surface area contributed by atoms with Crippen molar-refractivity contribution in [3.05, 3.63) is 11.5 Å². The first-order chi connectivity index (χ1) is 8.54. The lowest BCUT2D eigenvalue weighted by Gasteiger charge is -2.19. The maximum Gasteiger partial charge on any atom is 0.224 e. The van der Waals surface area contributed by atoms with Crippen molar-refractivity contribution in [1.82, 2.24) is 14.9 Å². The SMILES string of the molecule is CC(C)CN1CCC(Nc2nc(Cl)ncc2N)C1. The van der Waals surface area contributed by atoms with Gasteiger partial charge in [0, 0.05) is 25.7 Å². The molecule has 3 N–H and O–H groups in total. The molecule has 0 amide bonds. The van der Waals surface area contributed by atoms with Crippen LogP contribution in [0.5, 0.6) is 0 Å². The van der Waals surface area contributed by atoms with Gasteiger partial charge in [-0.05, 0) is 23.9 Å². The molecular weight excluding hydrogens is 250 g/mol. The molecule has 2 rings (SSSR count). The van der Waals surface area contributed by atoms with E-state index in [0.717, 1.165) is 26.1 Å². The zero-order valence-corrected chi connectivity index (χ0v) is 11.6. The molecule has 1 aromatic heterocycles. The molecule has 1 saturated heterocycles. The summed E-state index contributed by atoms with van der Waals surface area (Å²) in [5.41, 5.74) is 6.37. The third-order valence-electron chi connectivity index (χ3n) is 3.02. The summed E-state index contributed by atoms with van der Waals surface area (Å²) in [6.45, 7) is 7.76. The molecule has 0 spiro atoms. The molecule has 0 bridgehead atoms. The van der Waals surface area contributed by atoms with Gasteiger partial charge in [-0.2, -0.15) is 4.98 Å². The van der Waals surface area contributed by atoms with Gasteiger partial charge in [-0.1, -0.05) is 13.8 Å². The standard InChI is InChI=1S/C12H20ClN5/c1-8(2)6-18-4-3-9(7-18)16-11-10(14)5-15-12(13)17-11/h5,8-9H,3-4,6-7,14H2,1-2H3,(H,15,16,17). The van der Waals surface area contributed by atoms with Gasteiger partial charge in [0.1, 0.15) is 0 Å². The van der Waals surface area contributed by atoms with Crippen molar-refractivity contribution < 1.29 is 0 Å². The number of hydrogen-bond acceptors (Lipinski definition) is 5. The number of nitrogens with one attached hydrogen (secondary N) is 1. The summed E-state index contributed by atoms with van der Waals surface area (Å²) in [6, 6.07) is 0.386. The van der Waals surface area contributed by atoms with E-state index in [-0.39, 0.29) is 5.28 Å². The highest BCUT2D eigenvalue weighted by Crippen LogP contribution is 2.20. The predicted molar refractivity (Wildman–Crippen MR) is 74.8 cm³/mol. The normalized spacial score (nSPS) is 20.6. The van der Waals surface area contributed by atoms with E-state index in [1.165, 1.54) is 0 Å². The molecule has 1 aliphatic rings. The molecule has 18 heavy (non-hydrogen) atoms. The molecule has 0 aliphatic carbocycles. The molecule has 2 heterocycles. The van der Waals surface area contributed by atoms with Gasteiger partial charge < -0.3 is 16.0 Å². The van der Waals surface area contributed by atoms with Crippen LogP contribution in [-0.4, -0.2) is 40.5 Å². The molecule has 1 atom stereocenters. The lowest BCUT2D eigenvalue weighted by atomic mass is 10.2. The smallest absolute Gasteiger partial charge is 0.224 e. The van der Waals surface area contributed by atoms with E-state index < -0.39 is 0 Å². The molecule has 1 aromatic rings. The van der Waals surface area contributed by atoms with E-state index in [1.807, 2.05) is 0 Å². The minimum atomic E-state index is 0.226. The third-order valence-corrected chi connectivity index (χ3v) is 3.21. The molecule has 1 aliphatic heterocycles. The summed E-state index contributed by atoms with van der Waals surface area (Å²) in [5.74, 6) is 1.34. The Labute approximate surface area is 113 Å². The first kappa shape index (κ1) is 13.4. The lowest BCUT2D eigenvalue weighted by Crippen LogP contribution is -2.29. The molecule has 100 valence electrons. The Kier molecular flexibility index (Phi) is 4.24. The summed E-state index contributed by atoms with van der Waals surface area (Å²) < 4.78 is 0. The Morgan fingerprint density at radius 3 is 3.11 bits per heavy atom. The zero-order chi connectivity index (χ0) is 13.1. The number of hydrogen-bond donors (Lipinski definition) is 2. The van der Waals surface area contributed by atoms with Crippen molar-refractivity contribution in [1.29, 1.82) is 0 Å². The summed E-state index contributed by atoms with van der Waals surface area (Å²) in [5, 5.41) is 3.58. The van der Waals surface area contributed by atoms with E-state index in [1.54, 1.807) is 6.20 Å². The van der Waals surface area contributed by atoms with Crippen molar-refractivity contribution >= 4 is 23.1 Å². The van der Waals surface area contributed by atoms with Crippen LogP contribution in [0.3, 0.4) is 0 Å². The summed E-state index contributed by atoms with van der Waals surface area (Å²) >= 11 is 5.77. The molecule has 5 nitrogen and oxygen atoms in total. The Morgan fingerprint density at radius 1 is 1.61 bits per heavy atom. The minimum Gasteiger partial charge on any atom is -0.394 e. The fourth-order valence-corrected chi connectivity index (χ4v) is 2.44. The van der Waals surface area contributed by atoms with E-state index in [9.17, 15) is 0 Å². The van der Waals surface area contributed by atoms with Crippen molar-refractivity contribution in [2.24, 2.45) is 5.92 Å². The Bertz CT molecular complexity index is 409. The Balaban J connectivity index is 1.93. The van der Waals surface area contributed by atoms with E-state index in [0.29, 0.717) is 23.5 Å². The van der Waals surface area contributed by atoms with Gasteiger partial charge in [0.2, 0.25) is 5.28 Å². The number of halogens is 1. The highest BCUT2D eigenvalue weighted by Gasteiger charge is 2.23. The second kappa shape index (κ2) is 5.71. The highest BCUT2D eigenvalue weighted by atomic mass is 35.5. The van der Waals surface area contributed by atoms with Crippen molar-refractivity contribution in [3.63, 3.8) is 0 Å². The molecule has 1 unspecified atom stereocenters. The average molecular weight is 270 g/mol. The number of likely N-dealkylation sites (tertiary alicyclic amines) is 1. The summed E-state index contributed by atoms with van der Waals surface area (Å²) in [6.07, 6.45) is 2.65. The van der Waals surface area contributed by atoms with Gasteiger partial charge in [-0.15, -0.1) is 0 Å². The third kappa shape index (κ3) is 3.46. The van der Waals surface area contributed by atoms with Crippen LogP contribution in [0.1, 0.15) is 20.3 Å². The van der Waals surface area contributed by atoms with Gasteiger partial charge >= 0.3 is 0 Å². The van der Waals surface area contributed by atoms with Crippen LogP contribution >= 0.6 is 11.6 Å². The summed E-state index contributed by atoms with van der Waals surface area (Å²) in [7, 11) is 0. The average Bonchev–Trinajstić information content (AvgIpc) is 2.70. The number of rotatable bonds is 4. The van der Waals surface area contributed by atoms with Crippen LogP contribution in [0.2, 0.25) is 5.28 Å². The van der Waals surface area contributed by atoms with E-state index in [4.69, 9.17) is 17.3 Å². The molecule has 6 heteroatoms. The van der Waals surface area contributed by atoms with Gasteiger partial charge in [-0.25, -0.2) is 4.98 Å². The van der Waals surface area contributed by atoms with E-state index >= 15 is 0 Å². The topological polar surface area (TPSA) is 67.1 Å². The second-order valence-corrected chi connectivity index (χ2v) is 5.56. The lowest BCUT2D eigenvalue weighted by molar-refractivity contribution is 0.296. The van der Waals surface area contributed by atoms with Crippen molar-refractivity contribution in [3.8, 4) is 0 Å². The molecule has 0 radical (unpaired) electrons. The second-order valence-electron chi connectivity index (χ2n) is 5.23. The fourth-order valence-electron chi connectivity index (χ4n) is 2.31. The zero-order valence-electron chi connectivity index (χ0n) is 10.9. The molecule has 0 aromatic carbocycles. The largest absolute Gasteiger partial charge is 0.394 e. The maximum atomic E-state index is 5.82. The number of anilines is 2. The number of nitrogens with zero attached hydrogens (tertiary/aromatic N) is 3. The number of aromatic nitrogens is 2. The number of nitrogen functional groups attached to an aromatic ring is 1. The molecule has 0 saturated carbocycles. The fraction of sp³-hybridized carbons (Fsp3) is 0.667. The van der Waals surface area contributed by atoms with Crippen LogP contribution in [0, 0.1) is 5.92 Å². The van der Waals surface area contributed by atoms with Crippen LogP contribution in [0.15, 0.2) is 6.20 Å². The highest BCUT2D eigenvalue weighted by molar-refractivity contribution is 6.28. The predicted octanol–water partition coefficient (Wildman–Crippen LogP) is 1.85. The van der Waals surface area contributed by atoms with Crippen molar-refractivity contribution in [2.75, 3.05) is 30.7 Å². The minimum absolute atomic E-state index is 0.226. The number of nitrogens with two attached hydrogens (primary N) is 1. The molecular formula is C12H20ClN5. The van der Waals surface area contributed by atoms with Gasteiger partial charge in [0.05, 0.1) is 11.9 Å². The van der Waals surface area contributed by atoms with Crippen LogP contribution in [0.4, 0.5) is 11.5 Å². The Morgan fingerprint density at radius 2 is 2.39 bits per heavy atom. The van der Waals surface area contributed by atoms with Gasteiger partial charge in [0.25, 0.3) is 0 Å². The Hall–Kier alpha value is -1.07. The van der Waals surface area contributed by atoms with E-state index in [2.05, 4.69) is 34.0 Å². The van der Waals surface area contributed by atoms with Crippen LogP contribution in [-0.2, 0) is 0 Å². The maximum absolute atomic E-state index is 5.82. The van der Waals surface area contributed by atoms with Crippen LogP contribution < -0.4 is 11.1 Å². The summed E-state index contributed by atoms with van der Waals surface area (Å²) in [4.78, 5) is 10.4. The van der Waals surface area contributed by atoms with Crippen molar-refractivity contribution in [2.45, 2.75) is 26.3 Å². The quantitative estimate of drug-likeness (QED) is 0.817. The van der Waals surface area contributed by atoms with Gasteiger partial charge in [-0.3, -0.25) is 0 Å². The van der Waals surface area contributed by atoms with Crippen LogP contribution in [0.25, 0.3) is 0 Å². The first-order valence-electron chi connectivity index (χ1n) is 6.31. The molecule has 1 fully saturated rings. The first-order valence-corrected chi connectivity index (χ1v) is 6.69. The van der Waals surface area contributed by atoms with Gasteiger partial charge in [0.15, 0.2) is 5.82 Å². The monoisotopic (exact) mass is 269 g/mol.